The lowest BCUT2D eigenvalue weighted by molar-refractivity contribution is -0.137. The Labute approximate surface area is 128 Å². The van der Waals surface area contributed by atoms with E-state index < -0.39 is 17.8 Å². The molecule has 114 valence electrons. The normalized spacial score (nSPS) is 13.5. The third-order valence-corrected chi connectivity index (χ3v) is 3.56. The third kappa shape index (κ3) is 2.53. The first kappa shape index (κ1) is 14.8. The molecule has 0 aromatic carbocycles. The highest BCUT2D eigenvalue weighted by Crippen LogP contribution is 2.33. The van der Waals surface area contributed by atoms with Crippen LogP contribution in [-0.4, -0.2) is 14.4 Å². The summed E-state index contributed by atoms with van der Waals surface area (Å²) in [7, 11) is 0. The van der Waals surface area contributed by atoms with Gasteiger partial charge in [-0.05, 0) is 17.7 Å². The lowest BCUT2D eigenvalue weighted by Gasteiger charge is -2.13. The van der Waals surface area contributed by atoms with Gasteiger partial charge in [0.2, 0.25) is 0 Å². The highest BCUT2D eigenvalue weighted by molar-refractivity contribution is 6.33. The van der Waals surface area contributed by atoms with Gasteiger partial charge < -0.3 is 10.1 Å². The summed E-state index contributed by atoms with van der Waals surface area (Å²) >= 11 is 5.90. The van der Waals surface area contributed by atoms with Crippen LogP contribution in [0.4, 0.5) is 13.2 Å². The van der Waals surface area contributed by atoms with E-state index in [0.717, 1.165) is 12.3 Å². The Morgan fingerprint density at radius 1 is 1.27 bits per heavy atom. The van der Waals surface area contributed by atoms with E-state index in [1.165, 1.54) is 10.6 Å². The van der Waals surface area contributed by atoms with E-state index in [0.29, 0.717) is 11.3 Å². The van der Waals surface area contributed by atoms with Crippen molar-refractivity contribution in [3.8, 4) is 0 Å². The van der Waals surface area contributed by atoms with Crippen LogP contribution in [0.3, 0.4) is 0 Å². The van der Waals surface area contributed by atoms with E-state index in [1.807, 2.05) is 0 Å². The predicted octanol–water partition coefficient (Wildman–Crippen LogP) is 3.45. The van der Waals surface area contributed by atoms with Crippen LogP contribution in [0.1, 0.15) is 22.9 Å². The van der Waals surface area contributed by atoms with Crippen LogP contribution in [0, 0.1) is 0 Å². The van der Waals surface area contributed by atoms with Crippen molar-refractivity contribution < 1.29 is 13.2 Å². The molecule has 0 saturated heterocycles. The van der Waals surface area contributed by atoms with Crippen molar-refractivity contribution in [2.45, 2.75) is 12.2 Å². The molecule has 0 spiro atoms. The molecule has 0 aliphatic heterocycles. The van der Waals surface area contributed by atoms with Crippen LogP contribution in [0.2, 0.25) is 5.02 Å². The van der Waals surface area contributed by atoms with Gasteiger partial charge in [0, 0.05) is 18.6 Å². The van der Waals surface area contributed by atoms with Crippen molar-refractivity contribution >= 4 is 17.2 Å². The summed E-state index contributed by atoms with van der Waals surface area (Å²) in [5.74, 6) is 0. The summed E-state index contributed by atoms with van der Waals surface area (Å²) in [6.07, 6.45) is 0.999. The maximum atomic E-state index is 12.9. The molecule has 0 bridgehead atoms. The van der Waals surface area contributed by atoms with Crippen molar-refractivity contribution in [1.82, 2.24) is 14.4 Å². The molecule has 3 aromatic heterocycles. The van der Waals surface area contributed by atoms with Gasteiger partial charge in [0.1, 0.15) is 0 Å². The van der Waals surface area contributed by atoms with E-state index in [1.54, 1.807) is 24.5 Å². The van der Waals surface area contributed by atoms with Crippen molar-refractivity contribution in [3.63, 3.8) is 0 Å². The monoisotopic (exact) mass is 326 g/mol. The minimum absolute atomic E-state index is 0.0838. The molecule has 0 radical (unpaired) electrons. The summed E-state index contributed by atoms with van der Waals surface area (Å²) in [6, 6.07) is 3.63. The predicted molar refractivity (Wildman–Crippen MR) is 75.5 cm³/mol. The van der Waals surface area contributed by atoms with Gasteiger partial charge in [-0.3, -0.25) is 4.98 Å². The highest BCUT2D eigenvalue weighted by atomic mass is 35.5. The molecule has 1 unspecified atom stereocenters. The Kier molecular flexibility index (Phi) is 3.54. The summed E-state index contributed by atoms with van der Waals surface area (Å²) < 4.78 is 40.0. The van der Waals surface area contributed by atoms with Crippen molar-refractivity contribution in [1.29, 1.82) is 0 Å². The van der Waals surface area contributed by atoms with Gasteiger partial charge in [0.15, 0.2) is 5.65 Å². The second-order valence-electron chi connectivity index (χ2n) is 4.72. The molecule has 3 aromatic rings. The Morgan fingerprint density at radius 3 is 2.68 bits per heavy atom. The topological polar surface area (TPSA) is 56.2 Å². The average molecular weight is 327 g/mol. The van der Waals surface area contributed by atoms with Gasteiger partial charge in [-0.1, -0.05) is 17.7 Å². The molecule has 8 heteroatoms. The van der Waals surface area contributed by atoms with Crippen molar-refractivity contribution in [3.05, 3.63) is 64.8 Å². The molecule has 3 heterocycles. The van der Waals surface area contributed by atoms with Crippen LogP contribution in [0.25, 0.3) is 5.65 Å². The number of hydrogen-bond donors (Lipinski definition) is 1. The van der Waals surface area contributed by atoms with E-state index in [2.05, 4.69) is 9.97 Å². The Hall–Kier alpha value is -2.12. The Balaban J connectivity index is 2.17. The number of pyridine rings is 2. The Morgan fingerprint density at radius 2 is 2.05 bits per heavy atom. The standard InChI is InChI=1S/C14H10ClF3N4/c15-10-4-9(14(16,17)18)7-22-11(6-21-13(10)22)12(19)8-2-1-3-20-5-8/h1-7,12H,19H2. The number of halogens is 4. The first-order valence-corrected chi connectivity index (χ1v) is 6.65. The molecule has 0 saturated carbocycles. The van der Waals surface area contributed by atoms with Gasteiger partial charge in [-0.25, -0.2) is 4.98 Å². The van der Waals surface area contributed by atoms with Gasteiger partial charge >= 0.3 is 6.18 Å². The van der Waals surface area contributed by atoms with Crippen LogP contribution in [0.15, 0.2) is 43.0 Å². The molecule has 0 aliphatic rings. The lowest BCUT2D eigenvalue weighted by atomic mass is 10.1. The lowest BCUT2D eigenvalue weighted by Crippen LogP contribution is -2.15. The smallest absolute Gasteiger partial charge is 0.319 e. The van der Waals surface area contributed by atoms with Crippen molar-refractivity contribution in [2.75, 3.05) is 0 Å². The second-order valence-corrected chi connectivity index (χ2v) is 5.12. The molecule has 3 rings (SSSR count). The zero-order chi connectivity index (χ0) is 15.9. The number of nitrogens with two attached hydrogens (primary N) is 1. The van der Waals surface area contributed by atoms with Gasteiger partial charge in [0.05, 0.1) is 28.5 Å². The SMILES string of the molecule is NC(c1cccnc1)c1cnc2c(Cl)cc(C(F)(F)F)cn12. The zero-order valence-electron chi connectivity index (χ0n) is 11.0. The summed E-state index contributed by atoms with van der Waals surface area (Å²) in [4.78, 5) is 8.01. The number of hydrogen-bond acceptors (Lipinski definition) is 3. The summed E-state index contributed by atoms with van der Waals surface area (Å²) in [5, 5.41) is -0.0838. The quantitative estimate of drug-likeness (QED) is 0.784. The fraction of sp³-hybridized carbons (Fsp3) is 0.143. The number of nitrogens with zero attached hydrogens (tertiary/aromatic N) is 3. The highest BCUT2D eigenvalue weighted by Gasteiger charge is 2.32. The average Bonchev–Trinajstić information content (AvgIpc) is 2.91. The fourth-order valence-electron chi connectivity index (χ4n) is 2.18. The largest absolute Gasteiger partial charge is 0.417 e. The summed E-state index contributed by atoms with van der Waals surface area (Å²) in [5.41, 5.74) is 6.54. The van der Waals surface area contributed by atoms with Gasteiger partial charge in [0.25, 0.3) is 0 Å². The molecule has 0 fully saturated rings. The molecular formula is C14H10ClF3N4. The van der Waals surface area contributed by atoms with Gasteiger partial charge in [-0.15, -0.1) is 0 Å². The minimum Gasteiger partial charge on any atom is -0.319 e. The number of rotatable bonds is 2. The maximum Gasteiger partial charge on any atom is 0.417 e. The number of aromatic nitrogens is 3. The number of imidazole rings is 1. The third-order valence-electron chi connectivity index (χ3n) is 3.28. The molecule has 22 heavy (non-hydrogen) atoms. The van der Waals surface area contributed by atoms with Crippen LogP contribution >= 0.6 is 11.6 Å². The van der Waals surface area contributed by atoms with Crippen LogP contribution in [0.5, 0.6) is 0 Å². The molecule has 0 amide bonds. The number of alkyl halides is 3. The van der Waals surface area contributed by atoms with Crippen LogP contribution < -0.4 is 5.73 Å². The second kappa shape index (κ2) is 5.26. The molecular weight excluding hydrogens is 317 g/mol. The van der Waals surface area contributed by atoms with E-state index in [-0.39, 0.29) is 10.7 Å². The fourth-order valence-corrected chi connectivity index (χ4v) is 2.44. The van der Waals surface area contributed by atoms with Crippen LogP contribution in [-0.2, 0) is 6.18 Å². The first-order chi connectivity index (χ1) is 10.4. The van der Waals surface area contributed by atoms with E-state index >= 15 is 0 Å². The zero-order valence-corrected chi connectivity index (χ0v) is 11.8. The summed E-state index contributed by atoms with van der Waals surface area (Å²) in [6.45, 7) is 0. The Bertz CT molecular complexity index is 814. The molecule has 1 atom stereocenters. The number of fused-ring (bicyclic) bond motifs is 1. The van der Waals surface area contributed by atoms with Crippen molar-refractivity contribution in [2.24, 2.45) is 5.73 Å². The van der Waals surface area contributed by atoms with E-state index in [9.17, 15) is 13.2 Å². The maximum absolute atomic E-state index is 12.9. The molecule has 4 nitrogen and oxygen atoms in total. The van der Waals surface area contributed by atoms with Gasteiger partial charge in [-0.2, -0.15) is 13.2 Å². The van der Waals surface area contributed by atoms with E-state index in [4.69, 9.17) is 17.3 Å². The molecule has 2 N–H and O–H groups in total. The first-order valence-electron chi connectivity index (χ1n) is 6.27. The molecule has 0 aliphatic carbocycles. The minimum atomic E-state index is -4.50.